The lowest BCUT2D eigenvalue weighted by atomic mass is 9.84. The Kier molecular flexibility index (Phi) is 3.66. The van der Waals surface area contributed by atoms with Crippen LogP contribution in [0.1, 0.15) is 44.6 Å². The number of hydrogen-bond donors (Lipinski definition) is 1. The molecule has 1 unspecified atom stereocenters. The molecule has 0 aromatic heterocycles. The summed E-state index contributed by atoms with van der Waals surface area (Å²) in [5, 5.41) is 9.25. The van der Waals surface area contributed by atoms with Crippen LogP contribution in [0.15, 0.2) is 30.3 Å². The van der Waals surface area contributed by atoms with Gasteiger partial charge in [-0.2, -0.15) is 0 Å². The minimum Gasteiger partial charge on any atom is -0.508 e. The molecule has 0 saturated heterocycles. The van der Waals surface area contributed by atoms with Crippen molar-refractivity contribution in [2.75, 3.05) is 0 Å². The molecule has 0 amide bonds. The van der Waals surface area contributed by atoms with Crippen LogP contribution in [0.5, 0.6) is 5.75 Å². The summed E-state index contributed by atoms with van der Waals surface area (Å²) >= 11 is 0. The van der Waals surface area contributed by atoms with E-state index in [0.717, 1.165) is 5.92 Å². The second-order valence-corrected chi connectivity index (χ2v) is 4.71. The highest BCUT2D eigenvalue weighted by Crippen LogP contribution is 2.32. The Bertz CT molecular complexity index is 362. The Hall–Kier alpha value is -1.24. The Balaban J connectivity index is 2.04. The Labute approximate surface area is 97.8 Å². The molecule has 0 saturated carbocycles. The summed E-state index contributed by atoms with van der Waals surface area (Å²) in [6, 6.07) is 7.57. The van der Waals surface area contributed by atoms with E-state index in [9.17, 15) is 5.11 Å². The van der Waals surface area contributed by atoms with Crippen LogP contribution in [0, 0.1) is 5.92 Å². The van der Waals surface area contributed by atoms with Crippen molar-refractivity contribution in [3.63, 3.8) is 0 Å². The third-order valence-corrected chi connectivity index (χ3v) is 3.45. The van der Waals surface area contributed by atoms with Gasteiger partial charge in [0.05, 0.1) is 0 Å². The summed E-state index contributed by atoms with van der Waals surface area (Å²) < 4.78 is 0. The van der Waals surface area contributed by atoms with Gasteiger partial charge in [-0.25, -0.2) is 0 Å². The van der Waals surface area contributed by atoms with Crippen molar-refractivity contribution in [1.29, 1.82) is 0 Å². The van der Waals surface area contributed by atoms with E-state index < -0.39 is 0 Å². The molecule has 1 aliphatic rings. The Morgan fingerprint density at radius 2 is 2.00 bits per heavy atom. The van der Waals surface area contributed by atoms with Gasteiger partial charge in [0.25, 0.3) is 0 Å². The lowest BCUT2D eigenvalue weighted by Gasteiger charge is -2.21. The number of phenolic OH excluding ortho intramolecular Hbond substituents is 1. The van der Waals surface area contributed by atoms with Crippen molar-refractivity contribution < 1.29 is 5.11 Å². The third kappa shape index (κ3) is 2.66. The summed E-state index contributed by atoms with van der Waals surface area (Å²) in [4.78, 5) is 0. The highest BCUT2D eigenvalue weighted by molar-refractivity contribution is 5.66. The number of allylic oxidation sites excluding steroid dienone is 2. The molecule has 0 fully saturated rings. The van der Waals surface area contributed by atoms with E-state index in [1.807, 2.05) is 12.1 Å². The molecule has 0 spiro atoms. The average Bonchev–Trinajstić information content (AvgIpc) is 2.32. The first-order valence-corrected chi connectivity index (χ1v) is 6.28. The quantitative estimate of drug-likeness (QED) is 0.795. The van der Waals surface area contributed by atoms with Gasteiger partial charge in [0.2, 0.25) is 0 Å². The van der Waals surface area contributed by atoms with Gasteiger partial charge in [0, 0.05) is 0 Å². The first-order valence-electron chi connectivity index (χ1n) is 6.28. The van der Waals surface area contributed by atoms with Crippen LogP contribution in [-0.2, 0) is 0 Å². The molecule has 0 aliphatic heterocycles. The standard InChI is InChI=1S/C15H20O/c1-2-3-12-4-6-13(7-5-12)14-8-10-15(16)11-9-14/h6,8-12,16H,2-5,7H2,1H3. The fraction of sp³-hybridized carbons (Fsp3) is 0.467. The minimum atomic E-state index is 0.351. The lowest BCUT2D eigenvalue weighted by Crippen LogP contribution is -2.04. The van der Waals surface area contributed by atoms with Crippen LogP contribution >= 0.6 is 0 Å². The average molecular weight is 216 g/mol. The van der Waals surface area contributed by atoms with Crippen LogP contribution < -0.4 is 0 Å². The summed E-state index contributed by atoms with van der Waals surface area (Å²) in [7, 11) is 0. The highest BCUT2D eigenvalue weighted by atomic mass is 16.3. The normalized spacial score (nSPS) is 20.6. The second-order valence-electron chi connectivity index (χ2n) is 4.71. The number of phenols is 1. The SMILES string of the molecule is CCCC1CC=C(c2ccc(O)cc2)CC1. The van der Waals surface area contributed by atoms with E-state index in [2.05, 4.69) is 13.0 Å². The summed E-state index contributed by atoms with van der Waals surface area (Å²) in [6.07, 6.45) is 8.78. The molecule has 0 heterocycles. The Morgan fingerprint density at radius 3 is 2.56 bits per heavy atom. The monoisotopic (exact) mass is 216 g/mol. The van der Waals surface area contributed by atoms with Crippen molar-refractivity contribution >= 4 is 5.57 Å². The predicted octanol–water partition coefficient (Wildman–Crippen LogP) is 4.38. The van der Waals surface area contributed by atoms with Crippen molar-refractivity contribution in [1.82, 2.24) is 0 Å². The van der Waals surface area contributed by atoms with Gasteiger partial charge in [-0.3, -0.25) is 0 Å². The van der Waals surface area contributed by atoms with E-state index >= 15 is 0 Å². The van der Waals surface area contributed by atoms with Crippen molar-refractivity contribution in [3.05, 3.63) is 35.9 Å². The molecule has 1 heteroatoms. The smallest absolute Gasteiger partial charge is 0.115 e. The molecule has 1 aliphatic carbocycles. The van der Waals surface area contributed by atoms with Gasteiger partial charge in [-0.1, -0.05) is 38.0 Å². The first-order chi connectivity index (χ1) is 7.79. The lowest BCUT2D eigenvalue weighted by molar-refractivity contribution is 0.445. The van der Waals surface area contributed by atoms with Gasteiger partial charge in [-0.15, -0.1) is 0 Å². The zero-order chi connectivity index (χ0) is 11.4. The van der Waals surface area contributed by atoms with Crippen molar-refractivity contribution in [2.45, 2.75) is 39.0 Å². The van der Waals surface area contributed by atoms with E-state index in [1.165, 1.54) is 43.2 Å². The van der Waals surface area contributed by atoms with E-state index in [4.69, 9.17) is 0 Å². The van der Waals surface area contributed by atoms with Crippen LogP contribution in [0.25, 0.3) is 5.57 Å². The maximum atomic E-state index is 9.25. The number of hydrogen-bond acceptors (Lipinski definition) is 1. The number of benzene rings is 1. The van der Waals surface area contributed by atoms with Gasteiger partial charge in [-0.05, 0) is 48.4 Å². The molecule has 16 heavy (non-hydrogen) atoms. The predicted molar refractivity (Wildman–Crippen MR) is 68.3 cm³/mol. The molecule has 1 nitrogen and oxygen atoms in total. The fourth-order valence-corrected chi connectivity index (χ4v) is 2.50. The molecule has 1 atom stereocenters. The van der Waals surface area contributed by atoms with Gasteiger partial charge >= 0.3 is 0 Å². The molecular formula is C15H20O. The van der Waals surface area contributed by atoms with Gasteiger partial charge in [0.1, 0.15) is 5.75 Å². The van der Waals surface area contributed by atoms with Crippen LogP contribution in [0.4, 0.5) is 0 Å². The van der Waals surface area contributed by atoms with Crippen LogP contribution in [-0.4, -0.2) is 5.11 Å². The van der Waals surface area contributed by atoms with Gasteiger partial charge < -0.3 is 5.11 Å². The maximum Gasteiger partial charge on any atom is 0.115 e. The summed E-state index contributed by atoms with van der Waals surface area (Å²) in [5.41, 5.74) is 2.72. The van der Waals surface area contributed by atoms with E-state index in [-0.39, 0.29) is 0 Å². The Morgan fingerprint density at radius 1 is 1.25 bits per heavy atom. The zero-order valence-corrected chi connectivity index (χ0v) is 9.95. The van der Waals surface area contributed by atoms with E-state index in [1.54, 1.807) is 12.1 Å². The summed E-state index contributed by atoms with van der Waals surface area (Å²) in [5.74, 6) is 1.25. The largest absolute Gasteiger partial charge is 0.508 e. The molecule has 0 bridgehead atoms. The minimum absolute atomic E-state index is 0.351. The molecule has 1 aromatic carbocycles. The topological polar surface area (TPSA) is 20.2 Å². The second kappa shape index (κ2) is 5.20. The van der Waals surface area contributed by atoms with Crippen LogP contribution in [0.2, 0.25) is 0 Å². The van der Waals surface area contributed by atoms with Crippen molar-refractivity contribution in [3.8, 4) is 5.75 Å². The molecular weight excluding hydrogens is 196 g/mol. The number of aromatic hydroxyl groups is 1. The first kappa shape index (κ1) is 11.3. The molecule has 0 radical (unpaired) electrons. The molecule has 2 rings (SSSR count). The maximum absolute atomic E-state index is 9.25. The number of rotatable bonds is 3. The zero-order valence-electron chi connectivity index (χ0n) is 9.95. The van der Waals surface area contributed by atoms with Crippen molar-refractivity contribution in [2.24, 2.45) is 5.92 Å². The fourth-order valence-electron chi connectivity index (χ4n) is 2.50. The highest BCUT2D eigenvalue weighted by Gasteiger charge is 2.14. The third-order valence-electron chi connectivity index (χ3n) is 3.45. The van der Waals surface area contributed by atoms with Crippen LogP contribution in [0.3, 0.4) is 0 Å². The van der Waals surface area contributed by atoms with E-state index in [0.29, 0.717) is 5.75 Å². The summed E-state index contributed by atoms with van der Waals surface area (Å²) in [6.45, 7) is 2.26. The molecule has 86 valence electrons. The molecule has 1 aromatic rings. The molecule has 1 N–H and O–H groups in total. The van der Waals surface area contributed by atoms with Gasteiger partial charge in [0.15, 0.2) is 0 Å².